The average Bonchev–Trinajstić information content (AvgIpc) is 3.33. The molecule has 0 spiro atoms. The van der Waals surface area contributed by atoms with Crippen LogP contribution in [-0.4, -0.2) is 28.9 Å². The highest BCUT2D eigenvalue weighted by molar-refractivity contribution is 5.95. The van der Waals surface area contributed by atoms with Crippen LogP contribution in [0.5, 0.6) is 0 Å². The summed E-state index contributed by atoms with van der Waals surface area (Å²) in [4.78, 5) is 30.3. The molecule has 3 aromatic rings. The van der Waals surface area contributed by atoms with Crippen molar-refractivity contribution >= 4 is 28.8 Å². The number of anilines is 3. The maximum Gasteiger partial charge on any atom is 0.293 e. The molecule has 1 aliphatic heterocycles. The molecular weight excluding hydrogens is 394 g/mol. The molecule has 0 atom stereocenters. The van der Waals surface area contributed by atoms with Crippen LogP contribution in [0.3, 0.4) is 0 Å². The molecule has 2 heterocycles. The van der Waals surface area contributed by atoms with E-state index in [1.165, 1.54) is 18.9 Å². The SMILES string of the molecule is O=C(NCc1ccc(N2CCCC2)nc1)c1ccc(Nc2ccccc2)c([N+](=O)[O-])c1. The van der Waals surface area contributed by atoms with Gasteiger partial charge in [0.2, 0.25) is 0 Å². The zero-order chi connectivity index (χ0) is 21.6. The number of benzene rings is 2. The number of nitro benzene ring substituents is 1. The molecular formula is C23H23N5O3. The fourth-order valence-corrected chi connectivity index (χ4v) is 3.55. The van der Waals surface area contributed by atoms with E-state index in [0.29, 0.717) is 12.2 Å². The second-order valence-corrected chi connectivity index (χ2v) is 7.38. The first-order chi connectivity index (χ1) is 15.1. The number of rotatable bonds is 7. The lowest BCUT2D eigenvalue weighted by Crippen LogP contribution is -2.23. The zero-order valence-electron chi connectivity index (χ0n) is 17.0. The van der Waals surface area contributed by atoms with Crippen LogP contribution in [0.4, 0.5) is 22.9 Å². The Morgan fingerprint density at radius 2 is 1.84 bits per heavy atom. The van der Waals surface area contributed by atoms with Crippen molar-refractivity contribution < 1.29 is 9.72 Å². The van der Waals surface area contributed by atoms with E-state index >= 15 is 0 Å². The van der Waals surface area contributed by atoms with Gasteiger partial charge in [-0.3, -0.25) is 14.9 Å². The smallest absolute Gasteiger partial charge is 0.293 e. The third kappa shape index (κ3) is 4.98. The quantitative estimate of drug-likeness (QED) is 0.440. The van der Waals surface area contributed by atoms with Gasteiger partial charge in [0.1, 0.15) is 11.5 Å². The molecule has 0 radical (unpaired) electrons. The molecule has 0 unspecified atom stereocenters. The van der Waals surface area contributed by atoms with Gasteiger partial charge in [-0.15, -0.1) is 0 Å². The zero-order valence-corrected chi connectivity index (χ0v) is 17.0. The van der Waals surface area contributed by atoms with Crippen molar-refractivity contribution in [2.24, 2.45) is 0 Å². The van der Waals surface area contributed by atoms with Gasteiger partial charge >= 0.3 is 0 Å². The lowest BCUT2D eigenvalue weighted by Gasteiger charge is -2.16. The average molecular weight is 417 g/mol. The van der Waals surface area contributed by atoms with Crippen molar-refractivity contribution in [2.75, 3.05) is 23.3 Å². The number of carbonyl (C=O) groups excluding carboxylic acids is 1. The van der Waals surface area contributed by atoms with Crippen LogP contribution in [-0.2, 0) is 6.54 Å². The van der Waals surface area contributed by atoms with Gasteiger partial charge in [0.15, 0.2) is 0 Å². The lowest BCUT2D eigenvalue weighted by atomic mass is 10.1. The van der Waals surface area contributed by atoms with E-state index in [1.807, 2.05) is 42.5 Å². The van der Waals surface area contributed by atoms with Crippen LogP contribution in [0.2, 0.25) is 0 Å². The highest BCUT2D eigenvalue weighted by Gasteiger charge is 2.18. The van der Waals surface area contributed by atoms with E-state index in [-0.39, 0.29) is 17.2 Å². The van der Waals surface area contributed by atoms with Crippen molar-refractivity contribution in [2.45, 2.75) is 19.4 Å². The fraction of sp³-hybridized carbons (Fsp3) is 0.217. The molecule has 1 aliphatic rings. The number of amides is 1. The summed E-state index contributed by atoms with van der Waals surface area (Å²) in [5, 5.41) is 17.4. The van der Waals surface area contributed by atoms with Crippen LogP contribution < -0.4 is 15.5 Å². The van der Waals surface area contributed by atoms with Crippen LogP contribution in [0.15, 0.2) is 66.9 Å². The Morgan fingerprint density at radius 1 is 1.06 bits per heavy atom. The van der Waals surface area contributed by atoms with Crippen LogP contribution >= 0.6 is 0 Å². The first-order valence-electron chi connectivity index (χ1n) is 10.2. The van der Waals surface area contributed by atoms with E-state index in [4.69, 9.17) is 0 Å². The summed E-state index contributed by atoms with van der Waals surface area (Å²) >= 11 is 0. The molecule has 4 rings (SSSR count). The van der Waals surface area contributed by atoms with Crippen LogP contribution in [0.1, 0.15) is 28.8 Å². The first kappa shape index (κ1) is 20.3. The maximum absolute atomic E-state index is 12.6. The van der Waals surface area contributed by atoms with Crippen molar-refractivity contribution in [3.8, 4) is 0 Å². The molecule has 0 saturated carbocycles. The van der Waals surface area contributed by atoms with Gasteiger partial charge < -0.3 is 15.5 Å². The van der Waals surface area contributed by atoms with Crippen LogP contribution in [0, 0.1) is 10.1 Å². The molecule has 8 nitrogen and oxygen atoms in total. The number of nitrogens with zero attached hydrogens (tertiary/aromatic N) is 3. The molecule has 158 valence electrons. The number of carbonyl (C=O) groups is 1. The fourth-order valence-electron chi connectivity index (χ4n) is 3.55. The minimum Gasteiger partial charge on any atom is -0.357 e. The number of nitro groups is 1. The van der Waals surface area contributed by atoms with E-state index in [1.54, 1.807) is 18.3 Å². The van der Waals surface area contributed by atoms with Gasteiger partial charge in [-0.2, -0.15) is 0 Å². The summed E-state index contributed by atoms with van der Waals surface area (Å²) in [5.41, 5.74) is 2.00. The van der Waals surface area contributed by atoms with E-state index < -0.39 is 4.92 Å². The summed E-state index contributed by atoms with van der Waals surface area (Å²) in [5.74, 6) is 0.572. The Labute approximate surface area is 180 Å². The third-order valence-electron chi connectivity index (χ3n) is 5.20. The van der Waals surface area contributed by atoms with Gasteiger partial charge in [-0.1, -0.05) is 24.3 Å². The molecule has 0 aliphatic carbocycles. The van der Waals surface area contributed by atoms with Crippen molar-refractivity contribution in [3.63, 3.8) is 0 Å². The van der Waals surface area contributed by atoms with Gasteiger partial charge in [0.25, 0.3) is 11.6 Å². The predicted octanol–water partition coefficient (Wildman–Crippen LogP) is 4.26. The van der Waals surface area contributed by atoms with Crippen molar-refractivity contribution in [1.82, 2.24) is 10.3 Å². The molecule has 31 heavy (non-hydrogen) atoms. The number of para-hydroxylation sites is 1. The molecule has 1 amide bonds. The molecule has 0 bridgehead atoms. The Balaban J connectivity index is 1.42. The Hall–Kier alpha value is -3.94. The maximum atomic E-state index is 12.6. The Bertz CT molecular complexity index is 1060. The Morgan fingerprint density at radius 3 is 2.52 bits per heavy atom. The molecule has 8 heteroatoms. The summed E-state index contributed by atoms with van der Waals surface area (Å²) in [6, 6.07) is 17.5. The highest BCUT2D eigenvalue weighted by Crippen LogP contribution is 2.28. The Kier molecular flexibility index (Phi) is 6.07. The minimum atomic E-state index is -0.497. The van der Waals surface area contributed by atoms with E-state index in [0.717, 1.165) is 30.2 Å². The minimum absolute atomic E-state index is 0.159. The van der Waals surface area contributed by atoms with E-state index in [2.05, 4.69) is 20.5 Å². The highest BCUT2D eigenvalue weighted by atomic mass is 16.6. The van der Waals surface area contributed by atoms with Gasteiger partial charge in [0, 0.05) is 43.1 Å². The van der Waals surface area contributed by atoms with Gasteiger partial charge in [-0.25, -0.2) is 4.98 Å². The second kappa shape index (κ2) is 9.25. The molecule has 1 fully saturated rings. The number of aromatic nitrogens is 1. The third-order valence-corrected chi connectivity index (χ3v) is 5.20. The molecule has 1 saturated heterocycles. The van der Waals surface area contributed by atoms with Gasteiger partial charge in [0.05, 0.1) is 4.92 Å². The largest absolute Gasteiger partial charge is 0.357 e. The molecule has 2 aromatic carbocycles. The number of hydrogen-bond acceptors (Lipinski definition) is 6. The first-order valence-corrected chi connectivity index (χ1v) is 10.2. The summed E-state index contributed by atoms with van der Waals surface area (Å²) in [7, 11) is 0. The topological polar surface area (TPSA) is 100 Å². The van der Waals surface area contributed by atoms with Crippen LogP contribution in [0.25, 0.3) is 0 Å². The predicted molar refractivity (Wildman–Crippen MR) is 120 cm³/mol. The van der Waals surface area contributed by atoms with Crippen molar-refractivity contribution in [3.05, 3.63) is 88.1 Å². The summed E-state index contributed by atoms with van der Waals surface area (Å²) < 4.78 is 0. The monoisotopic (exact) mass is 417 g/mol. The number of hydrogen-bond donors (Lipinski definition) is 2. The second-order valence-electron chi connectivity index (χ2n) is 7.38. The standard InChI is InChI=1S/C23H23N5O3/c29-23(25-16-17-8-11-22(24-15-17)27-12-4-5-13-27)18-9-10-20(21(14-18)28(30)31)26-19-6-2-1-3-7-19/h1-3,6-11,14-15,26H,4-5,12-13,16H2,(H,25,29). The molecule has 2 N–H and O–H groups in total. The molecule has 1 aromatic heterocycles. The summed E-state index contributed by atoms with van der Waals surface area (Å²) in [6.45, 7) is 2.35. The number of pyridine rings is 1. The van der Waals surface area contributed by atoms with Gasteiger partial charge in [-0.05, 0) is 48.7 Å². The lowest BCUT2D eigenvalue weighted by molar-refractivity contribution is -0.383. The van der Waals surface area contributed by atoms with Crippen molar-refractivity contribution in [1.29, 1.82) is 0 Å². The normalized spacial score (nSPS) is 13.1. The summed E-state index contributed by atoms with van der Waals surface area (Å²) in [6.07, 6.45) is 4.12. The number of nitrogens with one attached hydrogen (secondary N) is 2. The van der Waals surface area contributed by atoms with E-state index in [9.17, 15) is 14.9 Å².